The van der Waals surface area contributed by atoms with E-state index in [1.54, 1.807) is 13.3 Å². The quantitative estimate of drug-likeness (QED) is 0.877. The van der Waals surface area contributed by atoms with E-state index < -0.39 is 6.10 Å². The van der Waals surface area contributed by atoms with Crippen LogP contribution in [0.15, 0.2) is 43.1 Å². The topological polar surface area (TPSA) is 45.6 Å². The minimum Gasteiger partial charge on any atom is -0.497 e. The van der Waals surface area contributed by atoms with Gasteiger partial charge in [0.1, 0.15) is 5.75 Å². The van der Waals surface area contributed by atoms with Gasteiger partial charge in [-0.25, -0.2) is 0 Å². The van der Waals surface area contributed by atoms with Crippen molar-refractivity contribution in [2.75, 3.05) is 13.7 Å². The number of benzene rings is 1. The first kappa shape index (κ1) is 15.6. The van der Waals surface area contributed by atoms with Crippen LogP contribution in [0.5, 0.6) is 5.75 Å². The van der Waals surface area contributed by atoms with E-state index >= 15 is 0 Å². The number of nitrogens with zero attached hydrogens (tertiary/aromatic N) is 2. The van der Waals surface area contributed by atoms with Gasteiger partial charge in [0.25, 0.3) is 0 Å². The van der Waals surface area contributed by atoms with E-state index in [0.717, 1.165) is 35.2 Å². The monoisotopic (exact) mass is 324 g/mol. The summed E-state index contributed by atoms with van der Waals surface area (Å²) in [5.41, 5.74) is 1.84. The largest absolute Gasteiger partial charge is 0.497 e. The summed E-state index contributed by atoms with van der Waals surface area (Å²) in [6.45, 7) is 5.04. The molecule has 1 aromatic carbocycles. The molecule has 5 atom stereocenters. The van der Waals surface area contributed by atoms with Crippen molar-refractivity contribution in [1.29, 1.82) is 0 Å². The number of hydrogen-bond acceptors (Lipinski definition) is 4. The van der Waals surface area contributed by atoms with Gasteiger partial charge in [0.2, 0.25) is 0 Å². The maximum atomic E-state index is 11.2. The van der Waals surface area contributed by atoms with Gasteiger partial charge in [0.05, 0.1) is 18.7 Å². The van der Waals surface area contributed by atoms with Gasteiger partial charge >= 0.3 is 0 Å². The third-order valence-electron chi connectivity index (χ3n) is 5.73. The molecule has 4 heteroatoms. The van der Waals surface area contributed by atoms with Gasteiger partial charge in [-0.05, 0) is 61.6 Å². The minimum absolute atomic E-state index is 0.150. The van der Waals surface area contributed by atoms with Crippen LogP contribution in [0.4, 0.5) is 0 Å². The number of aliphatic hydroxyl groups excluding tert-OH is 1. The number of aromatic nitrogens is 1. The van der Waals surface area contributed by atoms with Gasteiger partial charge in [-0.3, -0.25) is 9.88 Å². The lowest BCUT2D eigenvalue weighted by Gasteiger charge is -2.51. The number of rotatable bonds is 4. The molecule has 3 saturated heterocycles. The summed E-state index contributed by atoms with van der Waals surface area (Å²) >= 11 is 0. The molecule has 1 aromatic heterocycles. The first-order valence-corrected chi connectivity index (χ1v) is 8.70. The SMILES string of the molecule is C=CC1CC2CCN1C(C(O)c1ccnc3ccc(OC)cc13)C2. The van der Waals surface area contributed by atoms with Crippen LogP contribution in [-0.2, 0) is 0 Å². The fourth-order valence-corrected chi connectivity index (χ4v) is 4.48. The van der Waals surface area contributed by atoms with E-state index in [1.807, 2.05) is 30.3 Å². The van der Waals surface area contributed by atoms with Gasteiger partial charge in [0, 0.05) is 23.7 Å². The second-order valence-electron chi connectivity index (χ2n) is 6.96. The third kappa shape index (κ3) is 2.50. The van der Waals surface area contributed by atoms with E-state index in [-0.39, 0.29) is 6.04 Å². The number of fused-ring (bicyclic) bond motifs is 4. The maximum Gasteiger partial charge on any atom is 0.119 e. The summed E-state index contributed by atoms with van der Waals surface area (Å²) in [5, 5.41) is 12.2. The van der Waals surface area contributed by atoms with E-state index in [0.29, 0.717) is 12.0 Å². The lowest BCUT2D eigenvalue weighted by molar-refractivity contribution is -0.0473. The highest BCUT2D eigenvalue weighted by molar-refractivity contribution is 5.83. The molecule has 4 heterocycles. The van der Waals surface area contributed by atoms with Crippen LogP contribution in [-0.4, -0.2) is 40.7 Å². The van der Waals surface area contributed by atoms with E-state index in [2.05, 4.69) is 16.5 Å². The molecular weight excluding hydrogens is 300 g/mol. The summed E-state index contributed by atoms with van der Waals surface area (Å²) in [6.07, 6.45) is 6.77. The Hall–Kier alpha value is -1.91. The molecule has 4 nitrogen and oxygen atoms in total. The molecule has 0 aliphatic carbocycles. The molecule has 24 heavy (non-hydrogen) atoms. The van der Waals surface area contributed by atoms with Crippen molar-refractivity contribution in [1.82, 2.24) is 9.88 Å². The zero-order valence-electron chi connectivity index (χ0n) is 14.1. The fraction of sp³-hybridized carbons (Fsp3) is 0.450. The molecule has 3 aliphatic rings. The molecule has 5 unspecified atom stereocenters. The predicted molar refractivity (Wildman–Crippen MR) is 95.1 cm³/mol. The van der Waals surface area contributed by atoms with Gasteiger partial charge in [-0.2, -0.15) is 0 Å². The first-order valence-electron chi connectivity index (χ1n) is 8.70. The Morgan fingerprint density at radius 2 is 2.25 bits per heavy atom. The molecule has 0 radical (unpaired) electrons. The molecule has 2 bridgehead atoms. The Balaban J connectivity index is 1.73. The number of piperidine rings is 3. The number of aliphatic hydroxyl groups is 1. The normalized spacial score (nSPS) is 30.2. The summed E-state index contributed by atoms with van der Waals surface area (Å²) in [5.74, 6) is 1.48. The zero-order chi connectivity index (χ0) is 16.7. The molecule has 5 rings (SSSR count). The van der Waals surface area contributed by atoms with E-state index in [1.165, 1.54) is 12.8 Å². The Labute approximate surface area is 142 Å². The minimum atomic E-state index is -0.520. The maximum absolute atomic E-state index is 11.2. The Kier molecular flexibility index (Phi) is 4.02. The molecule has 2 aromatic rings. The average molecular weight is 324 g/mol. The lowest BCUT2D eigenvalue weighted by Crippen LogP contribution is -2.55. The van der Waals surface area contributed by atoms with Crippen molar-refractivity contribution in [3.05, 3.63) is 48.7 Å². The van der Waals surface area contributed by atoms with Crippen molar-refractivity contribution < 1.29 is 9.84 Å². The van der Waals surface area contributed by atoms with Crippen molar-refractivity contribution in [2.45, 2.75) is 37.5 Å². The highest BCUT2D eigenvalue weighted by Gasteiger charge is 2.42. The summed E-state index contributed by atoms with van der Waals surface area (Å²) in [6, 6.07) is 8.31. The zero-order valence-corrected chi connectivity index (χ0v) is 14.1. The van der Waals surface area contributed by atoms with E-state index in [4.69, 9.17) is 4.74 Å². The van der Waals surface area contributed by atoms with Crippen LogP contribution in [0.2, 0.25) is 0 Å². The van der Waals surface area contributed by atoms with Crippen molar-refractivity contribution in [3.8, 4) is 5.75 Å². The van der Waals surface area contributed by atoms with Crippen molar-refractivity contribution >= 4 is 10.9 Å². The van der Waals surface area contributed by atoms with Crippen LogP contribution in [0.1, 0.15) is 30.9 Å². The second kappa shape index (κ2) is 6.19. The van der Waals surface area contributed by atoms with Crippen LogP contribution < -0.4 is 4.74 Å². The van der Waals surface area contributed by atoms with Crippen molar-refractivity contribution in [2.24, 2.45) is 5.92 Å². The van der Waals surface area contributed by atoms with Gasteiger partial charge in [-0.1, -0.05) is 6.08 Å². The van der Waals surface area contributed by atoms with Gasteiger partial charge < -0.3 is 9.84 Å². The Bertz CT molecular complexity index is 760. The molecule has 0 spiro atoms. The summed E-state index contributed by atoms with van der Waals surface area (Å²) in [4.78, 5) is 6.86. The Morgan fingerprint density at radius 3 is 3.00 bits per heavy atom. The van der Waals surface area contributed by atoms with Gasteiger partial charge in [0.15, 0.2) is 0 Å². The molecule has 126 valence electrons. The van der Waals surface area contributed by atoms with Gasteiger partial charge in [-0.15, -0.1) is 6.58 Å². The smallest absolute Gasteiger partial charge is 0.119 e. The number of ether oxygens (including phenoxy) is 1. The molecule has 1 N–H and O–H groups in total. The Morgan fingerprint density at radius 1 is 1.38 bits per heavy atom. The van der Waals surface area contributed by atoms with E-state index in [9.17, 15) is 5.11 Å². The predicted octanol–water partition coefficient (Wildman–Crippen LogP) is 3.32. The second-order valence-corrected chi connectivity index (χ2v) is 6.96. The highest BCUT2D eigenvalue weighted by Crippen LogP contribution is 2.42. The highest BCUT2D eigenvalue weighted by atomic mass is 16.5. The van der Waals surface area contributed by atoms with Crippen LogP contribution in [0.3, 0.4) is 0 Å². The molecular formula is C20H24N2O2. The van der Waals surface area contributed by atoms with Crippen LogP contribution in [0.25, 0.3) is 10.9 Å². The number of pyridine rings is 1. The van der Waals surface area contributed by atoms with Crippen molar-refractivity contribution in [3.63, 3.8) is 0 Å². The molecule has 0 saturated carbocycles. The molecule has 0 amide bonds. The average Bonchev–Trinajstić information content (AvgIpc) is 2.66. The number of methoxy groups -OCH3 is 1. The fourth-order valence-electron chi connectivity index (χ4n) is 4.48. The van der Waals surface area contributed by atoms with Crippen LogP contribution in [0, 0.1) is 5.92 Å². The van der Waals surface area contributed by atoms with Crippen LogP contribution >= 0.6 is 0 Å². The summed E-state index contributed by atoms with van der Waals surface area (Å²) < 4.78 is 5.35. The summed E-state index contributed by atoms with van der Waals surface area (Å²) in [7, 11) is 1.66. The standard InChI is InChI=1S/C20H24N2O2/c1-3-14-10-13-7-9-22(14)19(11-13)20(23)16-6-8-21-18-5-4-15(24-2)12-17(16)18/h3-6,8,12-14,19-20,23H,1,7,9-11H2,2H3. The molecule has 3 aliphatic heterocycles. The lowest BCUT2D eigenvalue weighted by atomic mass is 9.76. The first-order chi connectivity index (χ1) is 11.7. The third-order valence-corrected chi connectivity index (χ3v) is 5.73. The number of hydrogen-bond donors (Lipinski definition) is 1. The molecule has 3 fully saturated rings.